The van der Waals surface area contributed by atoms with Gasteiger partial charge < -0.3 is 10.3 Å². The summed E-state index contributed by atoms with van der Waals surface area (Å²) in [5, 5.41) is 0. The number of nitrogens with zero attached hydrogens (tertiary/aromatic N) is 2. The normalized spacial score (nSPS) is 12.7. The van der Waals surface area contributed by atoms with Gasteiger partial charge in [-0.3, -0.25) is 0 Å². The first-order valence-corrected chi connectivity index (χ1v) is 6.86. The van der Waals surface area contributed by atoms with Gasteiger partial charge in [0.2, 0.25) is 0 Å². The minimum atomic E-state index is 0.00769. The number of hydrogen-bond acceptors (Lipinski definition) is 2. The summed E-state index contributed by atoms with van der Waals surface area (Å²) in [5.74, 6) is 1.06. The highest BCUT2D eigenvalue weighted by molar-refractivity contribution is 5.39. The van der Waals surface area contributed by atoms with Crippen LogP contribution in [0.2, 0.25) is 0 Å². The number of nitrogens with two attached hydrogens (primary N) is 1. The van der Waals surface area contributed by atoms with Crippen molar-refractivity contribution in [2.24, 2.45) is 5.73 Å². The summed E-state index contributed by atoms with van der Waals surface area (Å²) in [4.78, 5) is 4.41. The number of benzene rings is 1. The van der Waals surface area contributed by atoms with Gasteiger partial charge in [-0.05, 0) is 44.4 Å². The van der Waals surface area contributed by atoms with Crippen molar-refractivity contribution < 1.29 is 0 Å². The molecule has 0 saturated heterocycles. The van der Waals surface area contributed by atoms with Crippen molar-refractivity contribution in [3.05, 3.63) is 52.6 Å². The monoisotopic (exact) mass is 257 g/mol. The molecular formula is C16H23N3. The zero-order chi connectivity index (χ0) is 14.0. The lowest BCUT2D eigenvalue weighted by molar-refractivity contribution is 0.624. The molecule has 102 valence electrons. The molecule has 19 heavy (non-hydrogen) atoms. The smallest absolute Gasteiger partial charge is 0.110 e. The van der Waals surface area contributed by atoms with Crippen molar-refractivity contribution in [1.82, 2.24) is 9.55 Å². The standard InChI is InChI=1S/C16H23N3/c1-5-19-7-6-18-15(19)10-14(17)16-12(3)8-11(2)9-13(16)4/h6-9,14H,5,10,17H2,1-4H3. The molecule has 1 unspecified atom stereocenters. The van der Waals surface area contributed by atoms with Gasteiger partial charge in [0.1, 0.15) is 5.82 Å². The predicted octanol–water partition coefficient (Wildman–Crippen LogP) is 3.07. The molecular weight excluding hydrogens is 234 g/mol. The van der Waals surface area contributed by atoms with Crippen LogP contribution in [0.5, 0.6) is 0 Å². The summed E-state index contributed by atoms with van der Waals surface area (Å²) in [6, 6.07) is 4.41. The molecule has 0 fully saturated rings. The van der Waals surface area contributed by atoms with Crippen molar-refractivity contribution in [3.63, 3.8) is 0 Å². The van der Waals surface area contributed by atoms with E-state index < -0.39 is 0 Å². The molecule has 0 bridgehead atoms. The molecule has 2 aromatic rings. The Balaban J connectivity index is 2.28. The average Bonchev–Trinajstić information content (AvgIpc) is 2.74. The maximum atomic E-state index is 6.41. The van der Waals surface area contributed by atoms with Crippen molar-refractivity contribution in [2.45, 2.75) is 46.7 Å². The van der Waals surface area contributed by atoms with Gasteiger partial charge in [0.25, 0.3) is 0 Å². The van der Waals surface area contributed by atoms with E-state index in [4.69, 9.17) is 5.73 Å². The summed E-state index contributed by atoms with van der Waals surface area (Å²) in [7, 11) is 0. The minimum Gasteiger partial charge on any atom is -0.335 e. The molecule has 1 heterocycles. The van der Waals surface area contributed by atoms with Crippen molar-refractivity contribution in [3.8, 4) is 0 Å². The topological polar surface area (TPSA) is 43.8 Å². The third-order valence-corrected chi connectivity index (χ3v) is 3.65. The third kappa shape index (κ3) is 2.87. The zero-order valence-electron chi connectivity index (χ0n) is 12.3. The van der Waals surface area contributed by atoms with Gasteiger partial charge in [0.05, 0.1) is 0 Å². The molecule has 2 N–H and O–H groups in total. The molecule has 1 aromatic heterocycles. The predicted molar refractivity (Wildman–Crippen MR) is 79.2 cm³/mol. The van der Waals surface area contributed by atoms with E-state index in [1.807, 2.05) is 12.4 Å². The Bertz CT molecular complexity index is 546. The molecule has 3 nitrogen and oxygen atoms in total. The highest BCUT2D eigenvalue weighted by Crippen LogP contribution is 2.24. The Morgan fingerprint density at radius 2 is 1.84 bits per heavy atom. The first-order valence-electron chi connectivity index (χ1n) is 6.86. The Labute approximate surface area is 115 Å². The largest absolute Gasteiger partial charge is 0.335 e. The summed E-state index contributed by atoms with van der Waals surface area (Å²) in [5.41, 5.74) is 11.5. The van der Waals surface area contributed by atoms with Crippen LogP contribution in [0.25, 0.3) is 0 Å². The quantitative estimate of drug-likeness (QED) is 0.914. The molecule has 0 saturated carbocycles. The molecule has 0 amide bonds. The van der Waals surface area contributed by atoms with Crippen molar-refractivity contribution >= 4 is 0 Å². The van der Waals surface area contributed by atoms with Gasteiger partial charge in [0.15, 0.2) is 0 Å². The average molecular weight is 257 g/mol. The van der Waals surface area contributed by atoms with Gasteiger partial charge >= 0.3 is 0 Å². The van der Waals surface area contributed by atoms with Crippen LogP contribution in [0.3, 0.4) is 0 Å². The maximum Gasteiger partial charge on any atom is 0.110 e. The van der Waals surface area contributed by atoms with E-state index in [9.17, 15) is 0 Å². The van der Waals surface area contributed by atoms with Crippen LogP contribution in [0.4, 0.5) is 0 Å². The number of aryl methyl sites for hydroxylation is 4. The maximum absolute atomic E-state index is 6.41. The van der Waals surface area contributed by atoms with Crippen LogP contribution in [0.15, 0.2) is 24.5 Å². The summed E-state index contributed by atoms with van der Waals surface area (Å²) in [6.07, 6.45) is 4.64. The van der Waals surface area contributed by atoms with Crippen LogP contribution >= 0.6 is 0 Å². The van der Waals surface area contributed by atoms with E-state index in [0.29, 0.717) is 0 Å². The molecule has 1 atom stereocenters. The lowest BCUT2D eigenvalue weighted by Gasteiger charge is -2.18. The van der Waals surface area contributed by atoms with Crippen LogP contribution < -0.4 is 5.73 Å². The number of imidazole rings is 1. The molecule has 3 heteroatoms. The second kappa shape index (κ2) is 5.57. The Hall–Kier alpha value is -1.61. The number of hydrogen-bond donors (Lipinski definition) is 1. The van der Waals surface area contributed by atoms with Gasteiger partial charge in [-0.1, -0.05) is 17.7 Å². The van der Waals surface area contributed by atoms with Gasteiger partial charge in [-0.25, -0.2) is 4.98 Å². The van der Waals surface area contributed by atoms with Crippen molar-refractivity contribution in [1.29, 1.82) is 0 Å². The van der Waals surface area contributed by atoms with Crippen molar-refractivity contribution in [2.75, 3.05) is 0 Å². The highest BCUT2D eigenvalue weighted by Gasteiger charge is 2.15. The molecule has 1 aromatic carbocycles. The summed E-state index contributed by atoms with van der Waals surface area (Å²) < 4.78 is 2.15. The first kappa shape index (κ1) is 13.8. The zero-order valence-corrected chi connectivity index (χ0v) is 12.3. The molecule has 0 aliphatic rings. The fourth-order valence-electron chi connectivity index (χ4n) is 2.89. The van der Waals surface area contributed by atoms with Gasteiger partial charge in [-0.15, -0.1) is 0 Å². The SMILES string of the molecule is CCn1ccnc1CC(N)c1c(C)cc(C)cc1C. The highest BCUT2D eigenvalue weighted by atomic mass is 15.1. The first-order chi connectivity index (χ1) is 9.02. The molecule has 0 aliphatic heterocycles. The molecule has 0 spiro atoms. The summed E-state index contributed by atoms with van der Waals surface area (Å²) in [6.45, 7) is 9.47. The van der Waals surface area contributed by atoms with Crippen LogP contribution in [-0.4, -0.2) is 9.55 Å². The number of aromatic nitrogens is 2. The minimum absolute atomic E-state index is 0.00769. The van der Waals surface area contributed by atoms with Crippen LogP contribution in [0, 0.1) is 20.8 Å². The Morgan fingerprint density at radius 1 is 1.21 bits per heavy atom. The Morgan fingerprint density at radius 3 is 2.42 bits per heavy atom. The van der Waals surface area contributed by atoms with E-state index in [-0.39, 0.29) is 6.04 Å². The fraction of sp³-hybridized carbons (Fsp3) is 0.438. The van der Waals surface area contributed by atoms with Crippen LogP contribution in [-0.2, 0) is 13.0 Å². The molecule has 0 radical (unpaired) electrons. The second-order valence-corrected chi connectivity index (χ2v) is 5.25. The molecule has 0 aliphatic carbocycles. The number of rotatable bonds is 4. The van der Waals surface area contributed by atoms with Gasteiger partial charge in [0, 0.05) is 31.4 Å². The lowest BCUT2D eigenvalue weighted by atomic mass is 9.93. The molecule has 2 rings (SSSR count). The van der Waals surface area contributed by atoms with E-state index >= 15 is 0 Å². The van der Waals surface area contributed by atoms with Crippen LogP contribution in [0.1, 0.15) is 41.0 Å². The van der Waals surface area contributed by atoms with Gasteiger partial charge in [-0.2, -0.15) is 0 Å². The van der Waals surface area contributed by atoms with E-state index in [1.54, 1.807) is 0 Å². The van der Waals surface area contributed by atoms with E-state index in [0.717, 1.165) is 18.8 Å². The fourth-order valence-corrected chi connectivity index (χ4v) is 2.89. The third-order valence-electron chi connectivity index (χ3n) is 3.65. The second-order valence-electron chi connectivity index (χ2n) is 5.25. The summed E-state index contributed by atoms with van der Waals surface area (Å²) >= 11 is 0. The lowest BCUT2D eigenvalue weighted by Crippen LogP contribution is -2.18. The Kier molecular flexibility index (Phi) is 4.05. The van der Waals surface area contributed by atoms with E-state index in [1.165, 1.54) is 22.3 Å². The van der Waals surface area contributed by atoms with E-state index in [2.05, 4.69) is 49.4 Å².